The van der Waals surface area contributed by atoms with Gasteiger partial charge in [-0.05, 0) is 51.7 Å². The van der Waals surface area contributed by atoms with Crippen LogP contribution in [0.15, 0.2) is 36.1 Å². The van der Waals surface area contributed by atoms with Gasteiger partial charge in [0.1, 0.15) is 22.1 Å². The molecule has 1 saturated carbocycles. The van der Waals surface area contributed by atoms with Gasteiger partial charge in [-0.15, -0.1) is 11.3 Å². The Morgan fingerprint density at radius 1 is 1.16 bits per heavy atom. The molecule has 1 unspecified atom stereocenters. The summed E-state index contributed by atoms with van der Waals surface area (Å²) in [6, 6.07) is 1.81. The van der Waals surface area contributed by atoms with E-state index in [0.717, 1.165) is 53.8 Å². The third-order valence-corrected chi connectivity index (χ3v) is 8.13. The molecule has 1 aliphatic rings. The van der Waals surface area contributed by atoms with Gasteiger partial charge in [0.25, 0.3) is 5.91 Å². The second kappa shape index (κ2) is 15.9. The zero-order valence-corrected chi connectivity index (χ0v) is 30.2. The van der Waals surface area contributed by atoms with Gasteiger partial charge in [0.15, 0.2) is 12.0 Å². The molecule has 4 aromatic heterocycles. The van der Waals surface area contributed by atoms with E-state index in [-0.39, 0.29) is 94.0 Å². The molecule has 0 saturated heterocycles. The quantitative estimate of drug-likeness (QED) is 0.110. The summed E-state index contributed by atoms with van der Waals surface area (Å²) in [5, 5.41) is 13.1. The molecular weight excluding hydrogens is 641 g/mol. The largest absolute Gasteiger partial charge is 1.00 e. The molecule has 0 aromatic carbocycles. The Balaban J connectivity index is 0.00000264. The zero-order chi connectivity index (χ0) is 30.0. The first-order chi connectivity index (χ1) is 20.0. The van der Waals surface area contributed by atoms with Crippen LogP contribution in [0.5, 0.6) is 0 Å². The fraction of sp³-hybridized carbons (Fsp3) is 0.400. The third-order valence-electron chi connectivity index (χ3n) is 6.68. The summed E-state index contributed by atoms with van der Waals surface area (Å²) in [5.74, 6) is -2.32. The Morgan fingerprint density at radius 3 is 2.57 bits per heavy atom. The smallest absolute Gasteiger partial charge is 0.790 e. The first-order valence-corrected chi connectivity index (χ1v) is 15.4. The van der Waals surface area contributed by atoms with E-state index in [2.05, 4.69) is 30.0 Å². The van der Waals surface area contributed by atoms with E-state index < -0.39 is 31.7 Å². The molecule has 1 fully saturated rings. The van der Waals surface area contributed by atoms with Crippen molar-refractivity contribution in [2.75, 3.05) is 11.9 Å². The maximum atomic E-state index is 14.7. The van der Waals surface area contributed by atoms with Crippen molar-refractivity contribution in [3.63, 3.8) is 0 Å². The number of nitrogens with one attached hydrogen (secondary N) is 1. The first kappa shape index (κ1) is 37.1. The van der Waals surface area contributed by atoms with Crippen LogP contribution in [0.3, 0.4) is 0 Å². The Hall–Kier alpha value is -1.40. The Kier molecular flexibility index (Phi) is 13.4. The number of carbonyl (C=O) groups excluding carboxylic acids is 1. The number of carbonyl (C=O) groups is 1. The summed E-state index contributed by atoms with van der Waals surface area (Å²) in [7, 11) is -5.23. The van der Waals surface area contributed by atoms with Crippen molar-refractivity contribution in [1.82, 2.24) is 29.5 Å². The number of ether oxygens (including phenoxy) is 1. The van der Waals surface area contributed by atoms with Gasteiger partial charge in [-0.1, -0.05) is 0 Å². The molecule has 1 N–H and O–H groups in total. The maximum absolute atomic E-state index is 14.7. The summed E-state index contributed by atoms with van der Waals surface area (Å²) in [4.78, 5) is 43.0. The van der Waals surface area contributed by atoms with Crippen molar-refractivity contribution in [2.45, 2.75) is 57.9 Å². The molecule has 4 aromatic rings. The molecule has 1 aliphatic carbocycles. The van der Waals surface area contributed by atoms with E-state index in [1.54, 1.807) is 10.9 Å². The van der Waals surface area contributed by atoms with Crippen molar-refractivity contribution in [3.8, 4) is 22.0 Å². The number of hydrogen-bond donors (Lipinski definition) is 1. The molecule has 44 heavy (non-hydrogen) atoms. The molecule has 4 heterocycles. The molecule has 5 rings (SSSR count). The third kappa shape index (κ3) is 9.11. The molecule has 0 bridgehead atoms. The second-order valence-corrected chi connectivity index (χ2v) is 11.5. The summed E-state index contributed by atoms with van der Waals surface area (Å²) in [6.07, 6.45) is 6.50. The molecule has 19 heteroatoms. The van der Waals surface area contributed by atoms with Crippen LogP contribution in [0.1, 0.15) is 62.3 Å². The topological polar surface area (TPSA) is 172 Å². The fourth-order valence-corrected chi connectivity index (χ4v) is 5.97. The fourth-order valence-electron chi connectivity index (χ4n) is 4.72. The summed E-state index contributed by atoms with van der Waals surface area (Å²) in [5.41, 5.74) is 0.252. The van der Waals surface area contributed by atoms with Gasteiger partial charge in [0, 0.05) is 29.9 Å². The number of halogens is 2. The molecule has 0 spiro atoms. The van der Waals surface area contributed by atoms with Gasteiger partial charge in [0.05, 0.1) is 31.9 Å². The molecule has 1 amide bonds. The van der Waals surface area contributed by atoms with Crippen molar-refractivity contribution in [3.05, 3.63) is 53.6 Å². The van der Waals surface area contributed by atoms with Crippen LogP contribution in [0.2, 0.25) is 0 Å². The molecule has 1 atom stereocenters. The number of anilines is 1. The summed E-state index contributed by atoms with van der Waals surface area (Å²) in [6.45, 7) is 3.90. The summed E-state index contributed by atoms with van der Waals surface area (Å²) < 4.78 is 52.5. The van der Waals surface area contributed by atoms with E-state index in [0.29, 0.717) is 17.2 Å². The number of phosphoric ester groups is 1. The minimum Gasteiger partial charge on any atom is -0.790 e. The molecular formula is C25H26F2N7Na2O6PS. The minimum atomic E-state index is -5.23. The molecule has 13 nitrogen and oxygen atoms in total. The van der Waals surface area contributed by atoms with Crippen LogP contribution in [0.4, 0.5) is 14.5 Å². The average Bonchev–Trinajstić information content (AvgIpc) is 3.70. The standard InChI is InChI=1S/C25H28F2N7O6PS.2Na/c1-3-39-17-6-4-16(5-7-17)34-12-19(23(32-34)22-18(26)8-9-21(27)31-22)29-24(35)20-13-42-25(30-20)15-10-28-33(11-15)14(2)40-41(36,37)38;;/h8-14,16-17H,3-7H2,1-2H3,(H,29,35)(H2,36,37,38);;/q;2*+1/p-2/t14?,16-,17-;;. The van der Waals surface area contributed by atoms with Crippen molar-refractivity contribution in [1.29, 1.82) is 0 Å². The Bertz CT molecular complexity index is 1630. The molecule has 0 radical (unpaired) electrons. The predicted octanol–water partition coefficient (Wildman–Crippen LogP) is -2.31. The van der Waals surface area contributed by atoms with Crippen LogP contribution in [0.25, 0.3) is 22.0 Å². The number of hydrogen-bond acceptors (Lipinski definition) is 11. The number of pyridine rings is 1. The average molecular weight is 668 g/mol. The Labute approximate surface area is 299 Å². The predicted molar refractivity (Wildman–Crippen MR) is 143 cm³/mol. The van der Waals surface area contributed by atoms with E-state index in [1.807, 2.05) is 6.92 Å². The van der Waals surface area contributed by atoms with E-state index >= 15 is 0 Å². The molecule has 0 aliphatic heterocycles. The van der Waals surface area contributed by atoms with Gasteiger partial charge >= 0.3 is 59.1 Å². The van der Waals surface area contributed by atoms with Gasteiger partial charge in [-0.2, -0.15) is 14.6 Å². The van der Waals surface area contributed by atoms with Crippen molar-refractivity contribution in [2.24, 2.45) is 0 Å². The number of aromatic nitrogens is 6. The van der Waals surface area contributed by atoms with Crippen LogP contribution in [-0.4, -0.2) is 48.1 Å². The number of nitrogens with zero attached hydrogens (tertiary/aromatic N) is 6. The Morgan fingerprint density at radius 2 is 1.89 bits per heavy atom. The number of thiazole rings is 1. The SMILES string of the molecule is CCO[C@H]1CC[C@H](n2cc(NC(=O)c3csc(-c4cnn(C(C)OP(=O)([O-])[O-])c4)n3)c(-c3nc(F)ccc3F)n2)CC1.[Na+].[Na+]. The van der Waals surface area contributed by atoms with Crippen molar-refractivity contribution >= 4 is 30.8 Å². The van der Waals surface area contributed by atoms with Crippen LogP contribution in [-0.2, 0) is 13.8 Å². The van der Waals surface area contributed by atoms with E-state index in [1.165, 1.54) is 24.7 Å². The second-order valence-electron chi connectivity index (χ2n) is 9.57. The zero-order valence-electron chi connectivity index (χ0n) is 24.5. The first-order valence-electron chi connectivity index (χ1n) is 13.1. The van der Waals surface area contributed by atoms with Crippen LogP contribution in [0, 0.1) is 11.8 Å². The van der Waals surface area contributed by atoms with Crippen LogP contribution >= 0.6 is 19.2 Å². The number of phosphoric acid groups is 1. The minimum absolute atomic E-state index is 0. The molecule has 224 valence electrons. The van der Waals surface area contributed by atoms with E-state index in [9.17, 15) is 27.9 Å². The van der Waals surface area contributed by atoms with Crippen molar-refractivity contribution < 1.29 is 96.3 Å². The number of rotatable bonds is 10. The van der Waals surface area contributed by atoms with E-state index in [4.69, 9.17) is 4.74 Å². The monoisotopic (exact) mass is 667 g/mol. The van der Waals surface area contributed by atoms with Gasteiger partial charge in [-0.3, -0.25) is 9.48 Å². The maximum Gasteiger partial charge on any atom is 1.00 e. The number of amides is 1. The normalized spacial score (nSPS) is 17.4. The van der Waals surface area contributed by atoms with Crippen LogP contribution < -0.4 is 74.2 Å². The van der Waals surface area contributed by atoms with Gasteiger partial charge in [0.2, 0.25) is 5.95 Å². The van der Waals surface area contributed by atoms with Gasteiger partial charge in [-0.25, -0.2) is 19.0 Å². The van der Waals surface area contributed by atoms with Gasteiger partial charge < -0.3 is 28.9 Å². The summed E-state index contributed by atoms with van der Waals surface area (Å²) >= 11 is 1.12.